The summed E-state index contributed by atoms with van der Waals surface area (Å²) in [5.41, 5.74) is -0.436. The van der Waals surface area contributed by atoms with E-state index in [1.165, 1.54) is 6.92 Å². The summed E-state index contributed by atoms with van der Waals surface area (Å²) in [5, 5.41) is 0. The fraction of sp³-hybridized carbons (Fsp3) is 0.875. The molecule has 1 fully saturated rings. The van der Waals surface area contributed by atoms with E-state index in [0.717, 1.165) is 0 Å². The quantitative estimate of drug-likeness (QED) is 0.573. The smallest absolute Gasteiger partial charge is 0.424 e. The van der Waals surface area contributed by atoms with Crippen LogP contribution in [0.25, 0.3) is 0 Å². The molecular formula is C8H14ClO5P. The number of esters is 1. The molecular weight excluding hydrogens is 243 g/mol. The summed E-state index contributed by atoms with van der Waals surface area (Å²) in [6.45, 7) is 0.402. The number of hydrogen-bond acceptors (Lipinski definition) is 5. The van der Waals surface area contributed by atoms with Crippen molar-refractivity contribution in [2.24, 2.45) is 5.41 Å². The molecule has 88 valence electrons. The first-order valence-corrected chi connectivity index (χ1v) is 7.06. The van der Waals surface area contributed by atoms with Crippen LogP contribution in [-0.2, 0) is 23.1 Å². The van der Waals surface area contributed by atoms with Gasteiger partial charge in [0.2, 0.25) is 0 Å². The molecule has 0 saturated carbocycles. The van der Waals surface area contributed by atoms with Crippen LogP contribution in [0.3, 0.4) is 0 Å². The van der Waals surface area contributed by atoms with E-state index in [1.807, 2.05) is 6.92 Å². The number of carbonyl (C=O) groups is 1. The maximum Gasteiger partial charge on any atom is 0.424 e. The van der Waals surface area contributed by atoms with Crippen LogP contribution in [0.5, 0.6) is 0 Å². The summed E-state index contributed by atoms with van der Waals surface area (Å²) in [7, 11) is 0. The van der Waals surface area contributed by atoms with Crippen LogP contribution in [0.2, 0.25) is 0 Å². The Labute approximate surface area is 93.3 Å². The van der Waals surface area contributed by atoms with Crippen molar-refractivity contribution in [1.29, 1.82) is 0 Å². The lowest BCUT2D eigenvalue weighted by Gasteiger charge is -2.36. The summed E-state index contributed by atoms with van der Waals surface area (Å²) in [6.07, 6.45) is 0.692. The number of rotatable bonds is 3. The zero-order chi connectivity index (χ0) is 11.5. The van der Waals surface area contributed by atoms with Crippen LogP contribution < -0.4 is 0 Å². The second kappa shape index (κ2) is 4.83. The molecule has 15 heavy (non-hydrogen) atoms. The summed E-state index contributed by atoms with van der Waals surface area (Å²) in [6, 6.07) is 0. The first-order chi connectivity index (χ1) is 6.89. The van der Waals surface area contributed by atoms with Gasteiger partial charge in [-0.25, -0.2) is 4.57 Å². The molecule has 1 saturated heterocycles. The van der Waals surface area contributed by atoms with Crippen molar-refractivity contribution in [3.05, 3.63) is 0 Å². The van der Waals surface area contributed by atoms with Crippen LogP contribution >= 0.6 is 18.2 Å². The molecule has 0 spiro atoms. The third-order valence-electron chi connectivity index (χ3n) is 2.38. The molecule has 0 unspecified atom stereocenters. The lowest BCUT2D eigenvalue weighted by atomic mass is 9.88. The fourth-order valence-corrected chi connectivity index (χ4v) is 2.37. The molecule has 0 aromatic carbocycles. The third kappa shape index (κ3) is 3.76. The molecule has 0 radical (unpaired) electrons. The normalized spacial score (nSPS) is 36.2. The van der Waals surface area contributed by atoms with Gasteiger partial charge in [0.15, 0.2) is 0 Å². The maximum atomic E-state index is 11.2. The molecule has 0 atom stereocenters. The minimum Gasteiger partial charge on any atom is -0.465 e. The van der Waals surface area contributed by atoms with Gasteiger partial charge in [0, 0.05) is 18.2 Å². The first kappa shape index (κ1) is 13.0. The minimum absolute atomic E-state index is 0.178. The van der Waals surface area contributed by atoms with Crippen LogP contribution in [0.4, 0.5) is 0 Å². The molecule has 7 heteroatoms. The van der Waals surface area contributed by atoms with E-state index in [9.17, 15) is 9.36 Å². The van der Waals surface area contributed by atoms with E-state index >= 15 is 0 Å². The zero-order valence-electron chi connectivity index (χ0n) is 8.69. The van der Waals surface area contributed by atoms with Crippen LogP contribution in [-0.4, -0.2) is 25.8 Å². The lowest BCUT2D eigenvalue weighted by Crippen LogP contribution is -2.39. The standard InChI is InChI=1S/C8H14ClO5P/c1-3-8(4-12-7(2)10)5-13-15(9,11)14-6-8/h3-6H2,1-2H3. The van der Waals surface area contributed by atoms with E-state index in [-0.39, 0.29) is 25.8 Å². The Morgan fingerprint density at radius 2 is 2.07 bits per heavy atom. The van der Waals surface area contributed by atoms with Crippen molar-refractivity contribution in [1.82, 2.24) is 0 Å². The minimum atomic E-state index is -3.40. The highest BCUT2D eigenvalue weighted by Gasteiger charge is 2.41. The van der Waals surface area contributed by atoms with Gasteiger partial charge < -0.3 is 4.74 Å². The molecule has 1 aliphatic rings. The predicted octanol–water partition coefficient (Wildman–Crippen LogP) is 2.34. The molecule has 0 bridgehead atoms. The Balaban J connectivity index is 2.56. The van der Waals surface area contributed by atoms with Gasteiger partial charge in [-0.15, -0.1) is 0 Å². The van der Waals surface area contributed by atoms with Crippen molar-refractivity contribution in [2.45, 2.75) is 20.3 Å². The Morgan fingerprint density at radius 3 is 2.47 bits per heavy atom. The van der Waals surface area contributed by atoms with Gasteiger partial charge in [0.25, 0.3) is 0 Å². The molecule has 0 aliphatic carbocycles. The molecule has 0 amide bonds. The molecule has 0 aromatic heterocycles. The van der Waals surface area contributed by atoms with Gasteiger partial charge >= 0.3 is 12.9 Å². The second-order valence-electron chi connectivity index (χ2n) is 3.61. The Morgan fingerprint density at radius 1 is 1.53 bits per heavy atom. The molecule has 0 aromatic rings. The van der Waals surface area contributed by atoms with Crippen molar-refractivity contribution >= 4 is 24.2 Å². The Hall–Kier alpha value is -0.0900. The highest BCUT2D eigenvalue weighted by atomic mass is 35.7. The van der Waals surface area contributed by atoms with Crippen molar-refractivity contribution in [3.8, 4) is 0 Å². The maximum absolute atomic E-state index is 11.2. The number of carbonyl (C=O) groups excluding carboxylic acids is 1. The van der Waals surface area contributed by atoms with Crippen molar-refractivity contribution in [3.63, 3.8) is 0 Å². The SMILES string of the molecule is CCC1(COC(C)=O)COP(=O)(Cl)OC1. The average molecular weight is 257 g/mol. The first-order valence-electron chi connectivity index (χ1n) is 4.61. The lowest BCUT2D eigenvalue weighted by molar-refractivity contribution is -0.147. The van der Waals surface area contributed by atoms with Crippen LogP contribution in [0.15, 0.2) is 0 Å². The number of hydrogen-bond donors (Lipinski definition) is 0. The topological polar surface area (TPSA) is 61.8 Å². The molecule has 1 rings (SSSR count). The summed E-state index contributed by atoms with van der Waals surface area (Å²) in [4.78, 5) is 10.7. The Kier molecular flexibility index (Phi) is 4.18. The van der Waals surface area contributed by atoms with E-state index in [4.69, 9.17) is 25.0 Å². The summed E-state index contributed by atoms with van der Waals surface area (Å²) >= 11 is 5.42. The van der Waals surface area contributed by atoms with E-state index in [1.54, 1.807) is 0 Å². The average Bonchev–Trinajstić information content (AvgIpc) is 2.17. The third-order valence-corrected chi connectivity index (χ3v) is 3.84. The largest absolute Gasteiger partial charge is 0.465 e. The number of halogens is 1. The fourth-order valence-electron chi connectivity index (χ4n) is 1.15. The molecule has 1 aliphatic heterocycles. The predicted molar refractivity (Wildman–Crippen MR) is 54.7 cm³/mol. The highest BCUT2D eigenvalue weighted by molar-refractivity contribution is 7.81. The van der Waals surface area contributed by atoms with Crippen molar-refractivity contribution in [2.75, 3.05) is 19.8 Å². The van der Waals surface area contributed by atoms with Gasteiger partial charge in [-0.1, -0.05) is 6.92 Å². The Bertz CT molecular complexity index is 275. The summed E-state index contributed by atoms with van der Waals surface area (Å²) in [5.74, 6) is -0.359. The van der Waals surface area contributed by atoms with Gasteiger partial charge in [0.05, 0.1) is 18.6 Å². The second-order valence-corrected chi connectivity index (χ2v) is 6.23. The number of ether oxygens (including phenoxy) is 1. The van der Waals surface area contributed by atoms with Crippen molar-refractivity contribution < 1.29 is 23.1 Å². The molecule has 1 heterocycles. The highest BCUT2D eigenvalue weighted by Crippen LogP contribution is 2.58. The molecule has 5 nitrogen and oxygen atoms in total. The monoisotopic (exact) mass is 256 g/mol. The summed E-state index contributed by atoms with van der Waals surface area (Å²) < 4.78 is 25.9. The van der Waals surface area contributed by atoms with E-state index < -0.39 is 12.4 Å². The van der Waals surface area contributed by atoms with Gasteiger partial charge in [-0.05, 0) is 6.42 Å². The van der Waals surface area contributed by atoms with Crippen LogP contribution in [0.1, 0.15) is 20.3 Å². The van der Waals surface area contributed by atoms with Gasteiger partial charge in [-0.2, -0.15) is 0 Å². The zero-order valence-corrected chi connectivity index (χ0v) is 10.3. The molecule has 0 N–H and O–H groups in total. The van der Waals surface area contributed by atoms with E-state index in [0.29, 0.717) is 6.42 Å². The van der Waals surface area contributed by atoms with E-state index in [2.05, 4.69) is 0 Å². The van der Waals surface area contributed by atoms with Gasteiger partial charge in [0.1, 0.15) is 6.61 Å². The van der Waals surface area contributed by atoms with Gasteiger partial charge in [-0.3, -0.25) is 13.8 Å². The van der Waals surface area contributed by atoms with Crippen LogP contribution in [0, 0.1) is 5.41 Å².